The number of ether oxygens (including phenoxy) is 1. The van der Waals surface area contributed by atoms with Gasteiger partial charge in [0, 0.05) is 34.6 Å². The third kappa shape index (κ3) is 4.32. The molecule has 150 valence electrons. The predicted octanol–water partition coefficient (Wildman–Crippen LogP) is 4.26. The van der Waals surface area contributed by atoms with E-state index in [4.69, 9.17) is 15.3 Å². The lowest BCUT2D eigenvalue weighted by molar-refractivity contribution is 0.201. The second-order valence-corrected chi connectivity index (χ2v) is 7.21. The number of hydrogen-bond donors (Lipinski definition) is 3. The Morgan fingerprint density at radius 3 is 2.86 bits per heavy atom. The average Bonchev–Trinajstić information content (AvgIpc) is 3.43. The molecule has 1 saturated carbocycles. The van der Waals surface area contributed by atoms with Gasteiger partial charge in [-0.25, -0.2) is 4.68 Å². The van der Waals surface area contributed by atoms with Gasteiger partial charge in [-0.2, -0.15) is 5.10 Å². The van der Waals surface area contributed by atoms with Crippen LogP contribution in [0.4, 0.5) is 5.69 Å². The number of aliphatic hydroxyl groups is 1. The van der Waals surface area contributed by atoms with Gasteiger partial charge in [0.15, 0.2) is 0 Å². The van der Waals surface area contributed by atoms with Crippen molar-refractivity contribution in [2.24, 2.45) is 0 Å². The molecule has 1 aliphatic rings. The lowest BCUT2D eigenvalue weighted by atomic mass is 10.0. The lowest BCUT2D eigenvalue weighted by Gasteiger charge is -2.15. The SMILES string of the molecule is CCC(=N)c1ccc(-c2ccnn2-c2cccc(OCCO)c2)cc1NC1CC1. The number of nitrogens with zero attached hydrogens (tertiary/aromatic N) is 2. The van der Waals surface area contributed by atoms with Gasteiger partial charge in [0.25, 0.3) is 0 Å². The van der Waals surface area contributed by atoms with E-state index in [1.165, 1.54) is 12.8 Å². The highest BCUT2D eigenvalue weighted by molar-refractivity contribution is 6.03. The van der Waals surface area contributed by atoms with E-state index in [9.17, 15) is 0 Å². The molecule has 6 heteroatoms. The molecule has 4 rings (SSSR count). The van der Waals surface area contributed by atoms with Crippen molar-refractivity contribution < 1.29 is 9.84 Å². The van der Waals surface area contributed by atoms with Gasteiger partial charge >= 0.3 is 0 Å². The maximum atomic E-state index is 8.98. The number of anilines is 1. The van der Waals surface area contributed by atoms with E-state index >= 15 is 0 Å². The smallest absolute Gasteiger partial charge is 0.121 e. The summed E-state index contributed by atoms with van der Waals surface area (Å²) in [4.78, 5) is 0. The Kier molecular flexibility index (Phi) is 5.62. The minimum Gasteiger partial charge on any atom is -0.491 e. The molecular weight excluding hydrogens is 364 g/mol. The molecule has 1 aromatic heterocycles. The van der Waals surface area contributed by atoms with Crippen molar-refractivity contribution >= 4 is 11.4 Å². The Bertz CT molecular complexity index is 1010. The number of aliphatic hydroxyl groups excluding tert-OH is 1. The van der Waals surface area contributed by atoms with Crippen LogP contribution in [0.25, 0.3) is 16.9 Å². The Balaban J connectivity index is 1.70. The van der Waals surface area contributed by atoms with Crippen molar-refractivity contribution in [1.82, 2.24) is 9.78 Å². The Labute approximate surface area is 170 Å². The molecule has 1 aliphatic carbocycles. The zero-order chi connectivity index (χ0) is 20.2. The van der Waals surface area contributed by atoms with Crippen LogP contribution < -0.4 is 10.1 Å². The molecule has 0 radical (unpaired) electrons. The maximum Gasteiger partial charge on any atom is 0.121 e. The molecule has 0 unspecified atom stereocenters. The maximum absolute atomic E-state index is 8.98. The van der Waals surface area contributed by atoms with E-state index in [0.29, 0.717) is 23.9 Å². The fourth-order valence-corrected chi connectivity index (χ4v) is 3.32. The predicted molar refractivity (Wildman–Crippen MR) is 115 cm³/mol. The molecule has 0 amide bonds. The number of nitrogens with one attached hydrogen (secondary N) is 2. The Morgan fingerprint density at radius 2 is 2.10 bits per heavy atom. The van der Waals surface area contributed by atoms with E-state index in [1.807, 2.05) is 48.0 Å². The van der Waals surface area contributed by atoms with E-state index in [0.717, 1.165) is 28.2 Å². The van der Waals surface area contributed by atoms with Crippen molar-refractivity contribution in [1.29, 1.82) is 5.41 Å². The summed E-state index contributed by atoms with van der Waals surface area (Å²) in [6.07, 6.45) is 4.85. The molecule has 0 spiro atoms. The van der Waals surface area contributed by atoms with Crippen LogP contribution in [0.1, 0.15) is 31.7 Å². The zero-order valence-corrected chi connectivity index (χ0v) is 16.6. The lowest BCUT2D eigenvalue weighted by Crippen LogP contribution is -2.08. The normalized spacial score (nSPS) is 13.3. The molecule has 6 nitrogen and oxygen atoms in total. The molecule has 1 fully saturated rings. The molecule has 29 heavy (non-hydrogen) atoms. The van der Waals surface area contributed by atoms with Crippen LogP contribution in [0.3, 0.4) is 0 Å². The van der Waals surface area contributed by atoms with Gasteiger partial charge in [-0.1, -0.05) is 25.1 Å². The Hall–Kier alpha value is -3.12. The van der Waals surface area contributed by atoms with Gasteiger partial charge in [0.2, 0.25) is 0 Å². The second-order valence-electron chi connectivity index (χ2n) is 7.21. The van der Waals surface area contributed by atoms with E-state index in [2.05, 4.69) is 22.5 Å². The topological polar surface area (TPSA) is 83.2 Å². The highest BCUT2D eigenvalue weighted by Crippen LogP contribution is 2.32. The molecule has 1 heterocycles. The van der Waals surface area contributed by atoms with E-state index < -0.39 is 0 Å². The molecule has 3 aromatic rings. The molecule has 3 N–H and O–H groups in total. The molecule has 0 atom stereocenters. The first-order chi connectivity index (χ1) is 14.2. The van der Waals surface area contributed by atoms with Gasteiger partial charge < -0.3 is 20.6 Å². The largest absolute Gasteiger partial charge is 0.491 e. The van der Waals surface area contributed by atoms with Crippen molar-refractivity contribution in [3.8, 4) is 22.7 Å². The third-order valence-electron chi connectivity index (χ3n) is 5.00. The molecular formula is C23H26N4O2. The third-order valence-corrected chi connectivity index (χ3v) is 5.00. The van der Waals surface area contributed by atoms with Crippen LogP contribution in [-0.4, -0.2) is 39.9 Å². The van der Waals surface area contributed by atoms with Crippen LogP contribution in [0.15, 0.2) is 54.7 Å². The highest BCUT2D eigenvalue weighted by Gasteiger charge is 2.23. The van der Waals surface area contributed by atoms with Crippen molar-refractivity contribution in [3.05, 3.63) is 60.3 Å². The van der Waals surface area contributed by atoms with Crippen molar-refractivity contribution in [3.63, 3.8) is 0 Å². The zero-order valence-electron chi connectivity index (χ0n) is 16.6. The number of benzene rings is 2. The van der Waals surface area contributed by atoms with Gasteiger partial charge in [0.1, 0.15) is 12.4 Å². The fourth-order valence-electron chi connectivity index (χ4n) is 3.32. The number of rotatable bonds is 9. The Morgan fingerprint density at radius 1 is 1.24 bits per heavy atom. The first kappa shape index (κ1) is 19.2. The number of hydrogen-bond acceptors (Lipinski definition) is 5. The van der Waals surface area contributed by atoms with E-state index in [1.54, 1.807) is 6.20 Å². The highest BCUT2D eigenvalue weighted by atomic mass is 16.5. The minimum absolute atomic E-state index is 0.0207. The van der Waals surface area contributed by atoms with Crippen molar-refractivity contribution in [2.75, 3.05) is 18.5 Å². The average molecular weight is 390 g/mol. The quantitative estimate of drug-likeness (QED) is 0.477. The van der Waals surface area contributed by atoms with Gasteiger partial charge in [-0.15, -0.1) is 0 Å². The second kappa shape index (κ2) is 8.49. The van der Waals surface area contributed by atoms with Crippen LogP contribution in [0.2, 0.25) is 0 Å². The summed E-state index contributed by atoms with van der Waals surface area (Å²) in [7, 11) is 0. The molecule has 2 aromatic carbocycles. The van der Waals surface area contributed by atoms with Crippen LogP contribution in [0.5, 0.6) is 5.75 Å². The first-order valence-electron chi connectivity index (χ1n) is 10.1. The van der Waals surface area contributed by atoms with Crippen LogP contribution in [-0.2, 0) is 0 Å². The summed E-state index contributed by atoms with van der Waals surface area (Å²) in [6.45, 7) is 2.25. The summed E-state index contributed by atoms with van der Waals surface area (Å²) >= 11 is 0. The fraction of sp³-hybridized carbons (Fsp3) is 0.304. The molecule has 0 aliphatic heterocycles. The molecule has 0 bridgehead atoms. The van der Waals surface area contributed by atoms with Gasteiger partial charge in [-0.05, 0) is 43.5 Å². The minimum atomic E-state index is -0.0207. The summed E-state index contributed by atoms with van der Waals surface area (Å²) in [5.74, 6) is 0.695. The summed E-state index contributed by atoms with van der Waals surface area (Å²) in [6, 6.07) is 16.4. The summed E-state index contributed by atoms with van der Waals surface area (Å²) < 4.78 is 7.42. The van der Waals surface area contributed by atoms with E-state index in [-0.39, 0.29) is 13.2 Å². The standard InChI is InChI=1S/C23H26N4O2/c1-2-21(24)20-9-6-16(14-22(20)26-17-7-8-17)23-10-11-25-27(23)18-4-3-5-19(15-18)29-13-12-28/h3-6,9-11,14-15,17,24,26,28H,2,7-8,12-13H2,1H3. The first-order valence-corrected chi connectivity index (χ1v) is 10.1. The number of aromatic nitrogens is 2. The monoisotopic (exact) mass is 390 g/mol. The van der Waals surface area contributed by atoms with Gasteiger partial charge in [0.05, 0.1) is 24.2 Å². The van der Waals surface area contributed by atoms with Crippen molar-refractivity contribution in [2.45, 2.75) is 32.2 Å². The summed E-state index contributed by atoms with van der Waals surface area (Å²) in [5, 5.41) is 25.4. The van der Waals surface area contributed by atoms with Gasteiger partial charge in [-0.3, -0.25) is 0 Å². The van der Waals surface area contributed by atoms with Crippen LogP contribution in [0, 0.1) is 5.41 Å². The molecule has 0 saturated heterocycles. The van der Waals surface area contributed by atoms with Crippen LogP contribution >= 0.6 is 0 Å². The summed E-state index contributed by atoms with van der Waals surface area (Å²) in [5.41, 5.74) is 5.53.